The molecule has 0 aliphatic rings. The zero-order valence-corrected chi connectivity index (χ0v) is 22.6. The van der Waals surface area contributed by atoms with E-state index >= 15 is 0 Å². The van der Waals surface area contributed by atoms with Crippen LogP contribution in [0.25, 0.3) is 0 Å². The van der Waals surface area contributed by atoms with E-state index in [4.69, 9.17) is 4.74 Å². The Balaban J connectivity index is 2.43. The maximum absolute atomic E-state index is 13.8. The molecule has 9 nitrogen and oxygen atoms in total. The van der Waals surface area contributed by atoms with Crippen molar-refractivity contribution in [3.63, 3.8) is 0 Å². The van der Waals surface area contributed by atoms with Gasteiger partial charge in [-0.25, -0.2) is 4.31 Å². The standard InChI is InChI=1S/C26H38N4O5S/c1-6-8-18-27-26(32)24(7-2)29(19-21-14-16-23(35-5)17-15-21)25(31)20-30(36(33,34)28(3)4)22-12-10-9-11-13-22/h9-17,24H,6-8,18-20H2,1-5H3,(H,27,32)/t24-/m1/s1. The van der Waals surface area contributed by atoms with Crippen LogP contribution in [0.1, 0.15) is 38.7 Å². The van der Waals surface area contributed by atoms with Crippen molar-refractivity contribution in [3.8, 4) is 5.75 Å². The molecule has 1 N–H and O–H groups in total. The van der Waals surface area contributed by atoms with E-state index in [1.807, 2.05) is 26.0 Å². The van der Waals surface area contributed by atoms with Crippen LogP contribution in [0, 0.1) is 0 Å². The predicted octanol–water partition coefficient (Wildman–Crippen LogP) is 3.03. The summed E-state index contributed by atoms with van der Waals surface area (Å²) in [5.74, 6) is -0.0552. The molecule has 10 heteroatoms. The number of anilines is 1. The van der Waals surface area contributed by atoms with Crippen LogP contribution in [0.5, 0.6) is 5.75 Å². The molecular formula is C26H38N4O5S. The summed E-state index contributed by atoms with van der Waals surface area (Å²) < 4.78 is 33.7. The highest BCUT2D eigenvalue weighted by atomic mass is 32.2. The Morgan fingerprint density at radius 2 is 1.64 bits per heavy atom. The molecule has 0 saturated heterocycles. The molecule has 198 valence electrons. The second-order valence-corrected chi connectivity index (χ2v) is 10.6. The fraction of sp³-hybridized carbons (Fsp3) is 0.462. The van der Waals surface area contributed by atoms with Gasteiger partial charge in [-0.05, 0) is 42.7 Å². The molecule has 2 aromatic rings. The number of methoxy groups -OCH3 is 1. The van der Waals surface area contributed by atoms with E-state index in [9.17, 15) is 18.0 Å². The van der Waals surface area contributed by atoms with Gasteiger partial charge in [0.2, 0.25) is 11.8 Å². The Morgan fingerprint density at radius 3 is 2.17 bits per heavy atom. The highest BCUT2D eigenvalue weighted by Crippen LogP contribution is 2.21. The van der Waals surface area contributed by atoms with Gasteiger partial charge in [-0.1, -0.05) is 50.6 Å². The summed E-state index contributed by atoms with van der Waals surface area (Å²) in [6, 6.07) is 14.9. The van der Waals surface area contributed by atoms with Crippen molar-refractivity contribution in [2.45, 2.75) is 45.7 Å². The molecular weight excluding hydrogens is 480 g/mol. The van der Waals surface area contributed by atoms with Crippen LogP contribution in [0.2, 0.25) is 0 Å². The Bertz CT molecular complexity index is 1080. The van der Waals surface area contributed by atoms with Crippen molar-refractivity contribution in [1.82, 2.24) is 14.5 Å². The van der Waals surface area contributed by atoms with E-state index in [1.54, 1.807) is 49.6 Å². The Morgan fingerprint density at radius 1 is 1.00 bits per heavy atom. The molecule has 0 saturated carbocycles. The van der Waals surface area contributed by atoms with Gasteiger partial charge < -0.3 is 15.0 Å². The van der Waals surface area contributed by atoms with Gasteiger partial charge in [0.1, 0.15) is 18.3 Å². The third-order valence-corrected chi connectivity index (χ3v) is 7.61. The molecule has 2 amide bonds. The number of amides is 2. The number of rotatable bonds is 14. The molecule has 36 heavy (non-hydrogen) atoms. The van der Waals surface area contributed by atoms with Crippen LogP contribution >= 0.6 is 0 Å². The molecule has 0 fully saturated rings. The molecule has 0 aliphatic carbocycles. The molecule has 1 atom stereocenters. The number of para-hydroxylation sites is 1. The average Bonchev–Trinajstić information content (AvgIpc) is 2.87. The fourth-order valence-electron chi connectivity index (χ4n) is 3.66. The van der Waals surface area contributed by atoms with Gasteiger partial charge >= 0.3 is 10.2 Å². The summed E-state index contributed by atoms with van der Waals surface area (Å²) in [6.07, 6.45) is 2.14. The fourth-order valence-corrected chi connectivity index (χ4v) is 4.72. The van der Waals surface area contributed by atoms with Gasteiger partial charge in [0, 0.05) is 27.2 Å². The first-order chi connectivity index (χ1) is 17.1. The van der Waals surface area contributed by atoms with E-state index in [0.29, 0.717) is 24.4 Å². The first-order valence-electron chi connectivity index (χ1n) is 12.1. The minimum Gasteiger partial charge on any atom is -0.497 e. The lowest BCUT2D eigenvalue weighted by Crippen LogP contribution is -2.53. The summed E-state index contributed by atoms with van der Waals surface area (Å²) in [4.78, 5) is 28.3. The van der Waals surface area contributed by atoms with Crippen LogP contribution < -0.4 is 14.4 Å². The first kappa shape index (κ1) is 29.1. The second kappa shape index (κ2) is 13.8. The quantitative estimate of drug-likeness (QED) is 0.388. The summed E-state index contributed by atoms with van der Waals surface area (Å²) >= 11 is 0. The molecule has 0 aromatic heterocycles. The molecule has 0 radical (unpaired) electrons. The van der Waals surface area contributed by atoms with Crippen molar-refractivity contribution >= 4 is 27.7 Å². The Kier molecular flexibility index (Phi) is 11.2. The van der Waals surface area contributed by atoms with Gasteiger partial charge in [0.25, 0.3) is 0 Å². The molecule has 0 aliphatic heterocycles. The molecule has 0 heterocycles. The predicted molar refractivity (Wildman–Crippen MR) is 142 cm³/mol. The van der Waals surface area contributed by atoms with Crippen molar-refractivity contribution in [3.05, 3.63) is 60.2 Å². The monoisotopic (exact) mass is 518 g/mol. The maximum atomic E-state index is 13.8. The minimum atomic E-state index is -3.97. The smallest absolute Gasteiger partial charge is 0.304 e. The van der Waals surface area contributed by atoms with Gasteiger partial charge in [0.05, 0.1) is 12.8 Å². The molecule has 0 bridgehead atoms. The van der Waals surface area contributed by atoms with Gasteiger partial charge in [-0.15, -0.1) is 0 Å². The summed E-state index contributed by atoms with van der Waals surface area (Å²) in [5, 5.41) is 2.91. The van der Waals surface area contributed by atoms with Crippen molar-refractivity contribution in [1.29, 1.82) is 0 Å². The molecule has 0 unspecified atom stereocenters. The van der Waals surface area contributed by atoms with Crippen molar-refractivity contribution in [2.24, 2.45) is 0 Å². The summed E-state index contributed by atoms with van der Waals surface area (Å²) in [6.45, 7) is 4.09. The maximum Gasteiger partial charge on any atom is 0.304 e. The van der Waals surface area contributed by atoms with E-state index < -0.39 is 28.7 Å². The lowest BCUT2D eigenvalue weighted by molar-refractivity contribution is -0.140. The van der Waals surface area contributed by atoms with Crippen molar-refractivity contribution < 1.29 is 22.7 Å². The number of hydrogen-bond acceptors (Lipinski definition) is 5. The van der Waals surface area contributed by atoms with Crippen LogP contribution in [0.15, 0.2) is 54.6 Å². The average molecular weight is 519 g/mol. The third kappa shape index (κ3) is 7.69. The zero-order chi connectivity index (χ0) is 26.7. The second-order valence-electron chi connectivity index (χ2n) is 8.57. The van der Waals surface area contributed by atoms with Gasteiger partial charge in [-0.2, -0.15) is 12.7 Å². The third-order valence-electron chi connectivity index (χ3n) is 5.79. The molecule has 2 aromatic carbocycles. The minimum absolute atomic E-state index is 0.146. The van der Waals surface area contributed by atoms with E-state index in [2.05, 4.69) is 5.32 Å². The van der Waals surface area contributed by atoms with Crippen LogP contribution in [-0.4, -0.2) is 69.8 Å². The lowest BCUT2D eigenvalue weighted by atomic mass is 10.1. The normalized spacial score (nSPS) is 12.2. The number of ether oxygens (including phenoxy) is 1. The number of benzene rings is 2. The highest BCUT2D eigenvalue weighted by Gasteiger charge is 2.33. The zero-order valence-electron chi connectivity index (χ0n) is 21.8. The first-order valence-corrected chi connectivity index (χ1v) is 13.5. The largest absolute Gasteiger partial charge is 0.497 e. The molecule has 0 spiro atoms. The number of carbonyl (C=O) groups excluding carboxylic acids is 2. The highest BCUT2D eigenvalue weighted by molar-refractivity contribution is 7.90. The van der Waals surface area contributed by atoms with E-state index in [-0.39, 0.29) is 12.5 Å². The Hall–Kier alpha value is -3.11. The number of nitrogens with one attached hydrogen (secondary N) is 1. The topological polar surface area (TPSA) is 99.3 Å². The summed E-state index contributed by atoms with van der Waals surface area (Å²) in [5.41, 5.74) is 1.16. The van der Waals surface area contributed by atoms with E-state index in [0.717, 1.165) is 27.0 Å². The Labute approximate surface area is 215 Å². The van der Waals surface area contributed by atoms with Crippen LogP contribution in [-0.2, 0) is 26.3 Å². The van der Waals surface area contributed by atoms with Gasteiger partial charge in [0.15, 0.2) is 0 Å². The SMILES string of the molecule is CCCCNC(=O)[C@@H](CC)N(Cc1ccc(OC)cc1)C(=O)CN(c1ccccc1)S(=O)(=O)N(C)C. The summed E-state index contributed by atoms with van der Waals surface area (Å²) in [7, 11) is 0.436. The van der Waals surface area contributed by atoms with Crippen LogP contribution in [0.4, 0.5) is 5.69 Å². The number of unbranched alkanes of at least 4 members (excludes halogenated alkanes) is 1. The number of hydrogen-bond donors (Lipinski definition) is 1. The van der Waals surface area contributed by atoms with Gasteiger partial charge in [-0.3, -0.25) is 9.59 Å². The number of carbonyl (C=O) groups is 2. The lowest BCUT2D eigenvalue weighted by Gasteiger charge is -2.34. The molecule has 2 rings (SSSR count). The van der Waals surface area contributed by atoms with Crippen LogP contribution in [0.3, 0.4) is 0 Å². The van der Waals surface area contributed by atoms with E-state index in [1.165, 1.54) is 19.0 Å². The van der Waals surface area contributed by atoms with Crippen molar-refractivity contribution in [2.75, 3.05) is 38.6 Å². The number of nitrogens with zero attached hydrogens (tertiary/aromatic N) is 3.